The molecule has 3 rings (SSSR count). The fraction of sp³-hybridized carbons (Fsp3) is 0.348. The molecule has 2 amide bonds. The fourth-order valence-corrected chi connectivity index (χ4v) is 3.76. The number of unbranched alkanes of at least 4 members (excludes halogenated alkanes) is 1. The third-order valence-corrected chi connectivity index (χ3v) is 5.52. The number of carbonyl (C=O) groups is 1. The van der Waals surface area contributed by atoms with Gasteiger partial charge in [0.2, 0.25) is 0 Å². The summed E-state index contributed by atoms with van der Waals surface area (Å²) < 4.78 is 0. The molecule has 0 spiro atoms. The predicted octanol–water partition coefficient (Wildman–Crippen LogP) is 4.40. The molecule has 0 bridgehead atoms. The second-order valence-corrected chi connectivity index (χ2v) is 8.09. The first-order valence-corrected chi connectivity index (χ1v) is 10.7. The summed E-state index contributed by atoms with van der Waals surface area (Å²) in [4.78, 5) is 24.4. The standard InChI is InChI=1S/C23H28ClN5O2/c1-17-13-19(24)14-26-21(17)15-29(12-6-5-11-28(2)23(30)27-31)16-22-20-8-4-3-7-18(20)9-10-25-22/h3-4,7-10,13-14,31H,5-6,11-12,15-16H2,1-2H3,(H,27,30). The van der Waals surface area contributed by atoms with Gasteiger partial charge in [0.05, 0.1) is 16.4 Å². The number of rotatable bonds is 9. The predicted molar refractivity (Wildman–Crippen MR) is 122 cm³/mol. The summed E-state index contributed by atoms with van der Waals surface area (Å²) in [5.41, 5.74) is 4.73. The van der Waals surface area contributed by atoms with Gasteiger partial charge in [-0.15, -0.1) is 0 Å². The van der Waals surface area contributed by atoms with Crippen LogP contribution < -0.4 is 5.48 Å². The summed E-state index contributed by atoms with van der Waals surface area (Å²) in [6.07, 6.45) is 5.24. The molecule has 0 aliphatic heterocycles. The van der Waals surface area contributed by atoms with Gasteiger partial charge in [0, 0.05) is 44.5 Å². The van der Waals surface area contributed by atoms with E-state index in [2.05, 4.69) is 27.0 Å². The second kappa shape index (κ2) is 11.0. The Morgan fingerprint density at radius 1 is 1.10 bits per heavy atom. The van der Waals surface area contributed by atoms with Crippen LogP contribution in [0, 0.1) is 6.92 Å². The first-order chi connectivity index (χ1) is 15.0. The Hall–Kier alpha value is -2.74. The zero-order chi connectivity index (χ0) is 22.2. The third kappa shape index (κ3) is 6.37. The molecule has 0 saturated heterocycles. The number of halogens is 1. The van der Waals surface area contributed by atoms with E-state index in [4.69, 9.17) is 16.8 Å². The number of amides is 2. The number of nitrogens with zero attached hydrogens (tertiary/aromatic N) is 4. The van der Waals surface area contributed by atoms with Gasteiger partial charge in [-0.2, -0.15) is 0 Å². The molecule has 164 valence electrons. The Bertz CT molecular complexity index is 1020. The highest BCUT2D eigenvalue weighted by Crippen LogP contribution is 2.20. The number of fused-ring (bicyclic) bond motifs is 1. The molecule has 1 aromatic carbocycles. The van der Waals surface area contributed by atoms with Crippen LogP contribution in [0.25, 0.3) is 10.8 Å². The molecule has 2 N–H and O–H groups in total. The van der Waals surface area contributed by atoms with Crippen LogP contribution >= 0.6 is 11.6 Å². The maximum atomic E-state index is 11.4. The average molecular weight is 442 g/mol. The summed E-state index contributed by atoms with van der Waals surface area (Å²) in [7, 11) is 1.66. The van der Waals surface area contributed by atoms with E-state index in [0.717, 1.165) is 41.7 Å². The van der Waals surface area contributed by atoms with Crippen molar-refractivity contribution in [3.63, 3.8) is 0 Å². The van der Waals surface area contributed by atoms with Crippen molar-refractivity contribution in [2.24, 2.45) is 0 Å². The number of hydrogen-bond acceptors (Lipinski definition) is 5. The quantitative estimate of drug-likeness (QED) is 0.292. The second-order valence-electron chi connectivity index (χ2n) is 7.65. The van der Waals surface area contributed by atoms with Crippen molar-refractivity contribution in [1.29, 1.82) is 0 Å². The Morgan fingerprint density at radius 2 is 1.84 bits per heavy atom. The molecule has 3 aromatic rings. The van der Waals surface area contributed by atoms with E-state index in [1.165, 1.54) is 10.3 Å². The minimum absolute atomic E-state index is 0.502. The van der Waals surface area contributed by atoms with Crippen molar-refractivity contribution in [2.75, 3.05) is 20.1 Å². The number of aromatic nitrogens is 2. The highest BCUT2D eigenvalue weighted by atomic mass is 35.5. The van der Waals surface area contributed by atoms with Crippen molar-refractivity contribution in [1.82, 2.24) is 25.2 Å². The number of carbonyl (C=O) groups excluding carboxylic acids is 1. The van der Waals surface area contributed by atoms with Crippen molar-refractivity contribution in [2.45, 2.75) is 32.9 Å². The average Bonchev–Trinajstić information content (AvgIpc) is 2.77. The zero-order valence-electron chi connectivity index (χ0n) is 17.9. The molecule has 0 radical (unpaired) electrons. The van der Waals surface area contributed by atoms with Gasteiger partial charge in [-0.05, 0) is 49.4 Å². The maximum Gasteiger partial charge on any atom is 0.340 e. The number of aryl methyl sites for hydroxylation is 1. The Balaban J connectivity index is 1.73. The fourth-order valence-electron chi connectivity index (χ4n) is 3.55. The van der Waals surface area contributed by atoms with Crippen LogP contribution in [0.1, 0.15) is 29.8 Å². The van der Waals surface area contributed by atoms with Gasteiger partial charge in [0.1, 0.15) is 0 Å². The number of nitrogens with one attached hydrogen (secondary N) is 1. The monoisotopic (exact) mass is 441 g/mol. The summed E-state index contributed by atoms with van der Waals surface area (Å²) in [5, 5.41) is 11.7. The minimum atomic E-state index is -0.502. The van der Waals surface area contributed by atoms with Gasteiger partial charge in [-0.25, -0.2) is 10.3 Å². The number of benzene rings is 1. The van der Waals surface area contributed by atoms with Crippen LogP contribution in [0.2, 0.25) is 5.02 Å². The van der Waals surface area contributed by atoms with E-state index in [1.807, 2.05) is 37.4 Å². The van der Waals surface area contributed by atoms with Crippen LogP contribution in [0.15, 0.2) is 48.8 Å². The Labute approximate surface area is 187 Å². The van der Waals surface area contributed by atoms with E-state index >= 15 is 0 Å². The maximum absolute atomic E-state index is 11.4. The van der Waals surface area contributed by atoms with Gasteiger partial charge in [-0.3, -0.25) is 20.1 Å². The van der Waals surface area contributed by atoms with Gasteiger partial charge in [0.25, 0.3) is 0 Å². The topological polar surface area (TPSA) is 81.6 Å². The SMILES string of the molecule is Cc1cc(Cl)cnc1CN(CCCCN(C)C(=O)NO)Cc1nccc2ccccc12. The van der Waals surface area contributed by atoms with E-state index in [0.29, 0.717) is 24.7 Å². The van der Waals surface area contributed by atoms with E-state index < -0.39 is 6.03 Å². The lowest BCUT2D eigenvalue weighted by Crippen LogP contribution is -2.36. The molecule has 8 heteroatoms. The van der Waals surface area contributed by atoms with Crippen molar-refractivity contribution >= 4 is 28.4 Å². The van der Waals surface area contributed by atoms with Crippen LogP contribution in [-0.4, -0.2) is 51.1 Å². The molecule has 7 nitrogen and oxygen atoms in total. The lowest BCUT2D eigenvalue weighted by molar-refractivity contribution is 0.135. The molecule has 31 heavy (non-hydrogen) atoms. The first kappa shape index (κ1) is 22.9. The largest absolute Gasteiger partial charge is 0.340 e. The lowest BCUT2D eigenvalue weighted by atomic mass is 10.1. The van der Waals surface area contributed by atoms with Gasteiger partial charge in [-0.1, -0.05) is 35.9 Å². The molecule has 0 unspecified atom stereocenters. The molecule has 0 atom stereocenters. The Kier molecular flexibility index (Phi) is 8.17. The zero-order valence-corrected chi connectivity index (χ0v) is 18.6. The van der Waals surface area contributed by atoms with Crippen molar-refractivity contribution in [3.05, 3.63) is 70.8 Å². The van der Waals surface area contributed by atoms with Crippen molar-refractivity contribution < 1.29 is 10.0 Å². The number of hydrogen-bond donors (Lipinski definition) is 2. The third-order valence-electron chi connectivity index (χ3n) is 5.32. The van der Waals surface area contributed by atoms with Crippen LogP contribution in [0.3, 0.4) is 0 Å². The molecule has 2 aromatic heterocycles. The summed E-state index contributed by atoms with van der Waals surface area (Å²) >= 11 is 6.08. The molecular weight excluding hydrogens is 414 g/mol. The smallest absolute Gasteiger partial charge is 0.326 e. The number of hydroxylamine groups is 1. The minimum Gasteiger partial charge on any atom is -0.326 e. The summed E-state index contributed by atoms with van der Waals surface area (Å²) in [6, 6.07) is 11.7. The van der Waals surface area contributed by atoms with Gasteiger partial charge < -0.3 is 4.90 Å². The molecular formula is C23H28ClN5O2. The van der Waals surface area contributed by atoms with Crippen molar-refractivity contribution in [3.8, 4) is 0 Å². The molecule has 0 aliphatic carbocycles. The lowest BCUT2D eigenvalue weighted by Gasteiger charge is -2.24. The molecule has 0 fully saturated rings. The highest BCUT2D eigenvalue weighted by Gasteiger charge is 2.14. The Morgan fingerprint density at radius 3 is 2.61 bits per heavy atom. The number of pyridine rings is 2. The molecule has 0 saturated carbocycles. The number of urea groups is 1. The van der Waals surface area contributed by atoms with Gasteiger partial charge in [0.15, 0.2) is 0 Å². The van der Waals surface area contributed by atoms with E-state index in [9.17, 15) is 4.79 Å². The van der Waals surface area contributed by atoms with Crippen LogP contribution in [0.4, 0.5) is 4.79 Å². The van der Waals surface area contributed by atoms with Crippen LogP contribution in [0.5, 0.6) is 0 Å². The normalized spacial score (nSPS) is 11.1. The summed E-state index contributed by atoms with van der Waals surface area (Å²) in [6.45, 7) is 4.78. The van der Waals surface area contributed by atoms with Crippen LogP contribution in [-0.2, 0) is 13.1 Å². The molecule has 0 aliphatic rings. The van der Waals surface area contributed by atoms with E-state index in [-0.39, 0.29) is 0 Å². The van der Waals surface area contributed by atoms with E-state index in [1.54, 1.807) is 18.7 Å². The first-order valence-electron chi connectivity index (χ1n) is 10.3. The highest BCUT2D eigenvalue weighted by molar-refractivity contribution is 6.30. The van der Waals surface area contributed by atoms with Gasteiger partial charge >= 0.3 is 6.03 Å². The summed E-state index contributed by atoms with van der Waals surface area (Å²) in [5.74, 6) is 0. The molecule has 2 heterocycles.